The second kappa shape index (κ2) is 64.4. The van der Waals surface area contributed by atoms with Gasteiger partial charge in [0.05, 0.1) is 26.4 Å². The van der Waals surface area contributed by atoms with Gasteiger partial charge in [-0.3, -0.25) is 37.3 Å². The Balaban J connectivity index is 5.08. The molecule has 0 rings (SSSR count). The number of hydrogen-bond donors (Lipinski definition) is 3. The van der Waals surface area contributed by atoms with Crippen LogP contribution in [0, 0.1) is 5.92 Å². The van der Waals surface area contributed by atoms with E-state index in [2.05, 4.69) is 34.6 Å². The molecule has 0 aliphatic heterocycles. The Morgan fingerprint density at radius 2 is 0.511 bits per heavy atom. The van der Waals surface area contributed by atoms with Gasteiger partial charge in [-0.2, -0.15) is 0 Å². The van der Waals surface area contributed by atoms with Crippen molar-refractivity contribution < 1.29 is 80.2 Å². The van der Waals surface area contributed by atoms with Crippen molar-refractivity contribution in [2.45, 2.75) is 387 Å². The summed E-state index contributed by atoms with van der Waals surface area (Å²) in [5, 5.41) is 10.5. The number of phosphoric acid groups is 2. The summed E-state index contributed by atoms with van der Waals surface area (Å²) < 4.78 is 67.9. The number of ether oxygens (including phenoxy) is 4. The molecule has 0 aromatic heterocycles. The fourth-order valence-electron chi connectivity index (χ4n) is 10.8. The predicted octanol–water partition coefficient (Wildman–Crippen LogP) is 20.5. The molecule has 0 radical (unpaired) electrons. The molecule has 0 fully saturated rings. The minimum Gasteiger partial charge on any atom is -0.462 e. The van der Waals surface area contributed by atoms with E-state index in [4.69, 9.17) is 37.0 Å². The van der Waals surface area contributed by atoms with Gasteiger partial charge >= 0.3 is 39.5 Å². The van der Waals surface area contributed by atoms with E-state index >= 15 is 0 Å². The highest BCUT2D eigenvalue weighted by molar-refractivity contribution is 7.47. The molecule has 19 heteroatoms. The smallest absolute Gasteiger partial charge is 0.462 e. The Labute approximate surface area is 549 Å². The van der Waals surface area contributed by atoms with Crippen LogP contribution in [0.1, 0.15) is 369 Å². The first kappa shape index (κ1) is 88.1. The van der Waals surface area contributed by atoms with Gasteiger partial charge in [-0.1, -0.05) is 317 Å². The normalized spacial score (nSPS) is 14.1. The zero-order valence-electron chi connectivity index (χ0n) is 58.3. The molecular formula is C71H138O17P2. The SMILES string of the molecule is CCCCCCCCCCCCCCCCCCCCCCCC(=O)O[C@H](COC(=O)CCCCCCCCCCCCCCCCC(C)C)COP(=O)(O)OC[C@@H](O)COP(=O)(O)OC[C@@H](COC(=O)CCCCCCC)OC(=O)CCCCCCCCC. The zero-order chi connectivity index (χ0) is 66.3. The Bertz CT molecular complexity index is 1740. The van der Waals surface area contributed by atoms with Crippen molar-refractivity contribution in [1.29, 1.82) is 0 Å². The van der Waals surface area contributed by atoms with Crippen LogP contribution in [0.15, 0.2) is 0 Å². The highest BCUT2D eigenvalue weighted by Gasteiger charge is 2.30. The Hall–Kier alpha value is -1.94. The van der Waals surface area contributed by atoms with Gasteiger partial charge in [-0.05, 0) is 31.6 Å². The molecule has 534 valence electrons. The number of aliphatic hydroxyl groups is 1. The van der Waals surface area contributed by atoms with Gasteiger partial charge < -0.3 is 33.8 Å². The first-order valence-corrected chi connectivity index (χ1v) is 40.1. The average Bonchev–Trinajstić information content (AvgIpc) is 3.62. The molecule has 0 spiro atoms. The second-order valence-corrected chi connectivity index (χ2v) is 29.0. The first-order chi connectivity index (χ1) is 43.5. The van der Waals surface area contributed by atoms with Gasteiger partial charge in [0, 0.05) is 25.7 Å². The summed E-state index contributed by atoms with van der Waals surface area (Å²) >= 11 is 0. The van der Waals surface area contributed by atoms with E-state index in [0.29, 0.717) is 25.7 Å². The number of carbonyl (C=O) groups is 4. The third-order valence-corrected chi connectivity index (χ3v) is 18.4. The third-order valence-electron chi connectivity index (χ3n) is 16.5. The standard InChI is InChI=1S/C71H138O17P2/c1-6-9-12-15-17-18-19-20-21-22-23-24-25-26-27-32-35-38-42-47-52-57-71(76)88-67(61-82-69(74)55-50-45-41-37-34-31-29-28-30-33-36-40-44-48-53-64(4)5)63-86-90(79,80)84-59-65(72)58-83-89(77,78)85-62-66(60-81-68(73)54-49-43-14-11-8-3)87-70(75)56-51-46-39-16-13-10-7-2/h64-67,72H,6-63H2,1-5H3,(H,77,78)(H,79,80)/t65-,66+,67+/m0/s1. The number of unbranched alkanes of at least 4 members (excludes halogenated alkanes) is 43. The molecule has 0 aliphatic rings. The molecule has 0 bridgehead atoms. The Morgan fingerprint density at radius 1 is 0.300 bits per heavy atom. The molecule has 0 amide bonds. The van der Waals surface area contributed by atoms with E-state index in [1.54, 1.807) is 0 Å². The molecule has 0 saturated carbocycles. The van der Waals surface area contributed by atoms with Gasteiger partial charge in [0.2, 0.25) is 0 Å². The molecule has 3 N–H and O–H groups in total. The average molecular weight is 1330 g/mol. The third kappa shape index (κ3) is 64.8. The summed E-state index contributed by atoms with van der Waals surface area (Å²) in [6.07, 6.45) is 52.1. The molecule has 0 aromatic carbocycles. The molecule has 90 heavy (non-hydrogen) atoms. The van der Waals surface area contributed by atoms with Crippen molar-refractivity contribution in [1.82, 2.24) is 0 Å². The van der Waals surface area contributed by atoms with Crippen LogP contribution in [0.2, 0.25) is 0 Å². The van der Waals surface area contributed by atoms with Crippen LogP contribution in [-0.2, 0) is 65.4 Å². The van der Waals surface area contributed by atoms with Gasteiger partial charge in [0.1, 0.15) is 19.3 Å². The fraction of sp³-hybridized carbons (Fsp3) is 0.944. The van der Waals surface area contributed by atoms with Crippen molar-refractivity contribution in [3.05, 3.63) is 0 Å². The van der Waals surface area contributed by atoms with E-state index in [0.717, 1.165) is 115 Å². The fourth-order valence-corrected chi connectivity index (χ4v) is 12.4. The lowest BCUT2D eigenvalue weighted by Crippen LogP contribution is -2.30. The second-order valence-electron chi connectivity index (χ2n) is 26.1. The summed E-state index contributed by atoms with van der Waals surface area (Å²) in [6.45, 7) is 7.14. The van der Waals surface area contributed by atoms with Crippen LogP contribution in [0.3, 0.4) is 0 Å². The topological polar surface area (TPSA) is 237 Å². The lowest BCUT2D eigenvalue weighted by Gasteiger charge is -2.21. The molecule has 0 heterocycles. The Kier molecular flexibility index (Phi) is 63.0. The Morgan fingerprint density at radius 3 is 0.756 bits per heavy atom. The lowest BCUT2D eigenvalue weighted by atomic mass is 10.0. The summed E-state index contributed by atoms with van der Waals surface area (Å²) in [7, 11) is -9.88. The van der Waals surface area contributed by atoms with Crippen LogP contribution < -0.4 is 0 Å². The molecule has 0 aliphatic carbocycles. The van der Waals surface area contributed by atoms with Crippen molar-refractivity contribution in [2.24, 2.45) is 5.92 Å². The molecule has 0 saturated heterocycles. The molecule has 17 nitrogen and oxygen atoms in total. The quantitative estimate of drug-likeness (QED) is 0.0222. The van der Waals surface area contributed by atoms with Crippen molar-refractivity contribution in [3.8, 4) is 0 Å². The van der Waals surface area contributed by atoms with E-state index in [1.165, 1.54) is 173 Å². The van der Waals surface area contributed by atoms with E-state index in [9.17, 15) is 43.2 Å². The maximum absolute atomic E-state index is 13.0. The van der Waals surface area contributed by atoms with Crippen LogP contribution in [-0.4, -0.2) is 96.7 Å². The number of carbonyl (C=O) groups excluding carboxylic acids is 4. The van der Waals surface area contributed by atoms with Crippen LogP contribution in [0.25, 0.3) is 0 Å². The summed E-state index contributed by atoms with van der Waals surface area (Å²) in [5.41, 5.74) is 0. The van der Waals surface area contributed by atoms with E-state index < -0.39 is 97.5 Å². The number of aliphatic hydroxyl groups excluding tert-OH is 1. The highest BCUT2D eigenvalue weighted by Crippen LogP contribution is 2.45. The molecule has 0 aromatic rings. The van der Waals surface area contributed by atoms with Crippen LogP contribution >= 0.6 is 15.6 Å². The minimum absolute atomic E-state index is 0.103. The predicted molar refractivity (Wildman–Crippen MR) is 363 cm³/mol. The van der Waals surface area contributed by atoms with E-state index in [-0.39, 0.29) is 25.7 Å². The lowest BCUT2D eigenvalue weighted by molar-refractivity contribution is -0.161. The van der Waals surface area contributed by atoms with Gasteiger partial charge in [0.15, 0.2) is 12.2 Å². The number of phosphoric ester groups is 2. The molecule has 2 unspecified atom stereocenters. The van der Waals surface area contributed by atoms with Crippen LogP contribution in [0.4, 0.5) is 0 Å². The molecular weight excluding hydrogens is 1190 g/mol. The number of rotatable bonds is 71. The van der Waals surface area contributed by atoms with Gasteiger partial charge in [-0.15, -0.1) is 0 Å². The monoisotopic (exact) mass is 1320 g/mol. The van der Waals surface area contributed by atoms with Crippen molar-refractivity contribution in [3.63, 3.8) is 0 Å². The van der Waals surface area contributed by atoms with Gasteiger partial charge in [0.25, 0.3) is 0 Å². The van der Waals surface area contributed by atoms with Crippen molar-refractivity contribution >= 4 is 39.5 Å². The summed E-state index contributed by atoms with van der Waals surface area (Å²) in [6, 6.07) is 0. The largest absolute Gasteiger partial charge is 0.472 e. The molecule has 5 atom stereocenters. The van der Waals surface area contributed by atoms with Gasteiger partial charge in [-0.25, -0.2) is 9.13 Å². The van der Waals surface area contributed by atoms with E-state index in [1.807, 2.05) is 0 Å². The number of esters is 4. The summed E-state index contributed by atoms with van der Waals surface area (Å²) in [5.74, 6) is -1.34. The van der Waals surface area contributed by atoms with Crippen molar-refractivity contribution in [2.75, 3.05) is 39.6 Å². The highest BCUT2D eigenvalue weighted by atomic mass is 31.2. The first-order valence-electron chi connectivity index (χ1n) is 37.1. The summed E-state index contributed by atoms with van der Waals surface area (Å²) in [4.78, 5) is 72.1. The number of hydrogen-bond acceptors (Lipinski definition) is 15. The maximum atomic E-state index is 13.0. The zero-order valence-corrected chi connectivity index (χ0v) is 60.1. The van der Waals surface area contributed by atoms with Crippen LogP contribution in [0.5, 0.6) is 0 Å². The minimum atomic E-state index is -4.95. The maximum Gasteiger partial charge on any atom is 0.472 e.